The number of rotatable bonds is 4. The van der Waals surface area contributed by atoms with Gasteiger partial charge in [-0.1, -0.05) is 36.4 Å². The van der Waals surface area contributed by atoms with Crippen molar-refractivity contribution in [3.63, 3.8) is 0 Å². The van der Waals surface area contributed by atoms with Crippen molar-refractivity contribution in [2.24, 2.45) is 0 Å². The number of imidazole rings is 1. The highest BCUT2D eigenvalue weighted by atomic mass is 32.1. The van der Waals surface area contributed by atoms with Crippen LogP contribution in [0.3, 0.4) is 0 Å². The average Bonchev–Trinajstić information content (AvgIpc) is 3.10. The number of aliphatic hydroxyl groups is 1. The molecule has 1 N–H and O–H groups in total. The smallest absolute Gasteiger partial charge is 0.130 e. The second-order valence-electron chi connectivity index (χ2n) is 4.35. The summed E-state index contributed by atoms with van der Waals surface area (Å²) in [6.45, 7) is 0.721. The molecule has 0 aliphatic heterocycles. The van der Waals surface area contributed by atoms with E-state index in [2.05, 4.69) is 17.1 Å². The monoisotopic (exact) mass is 270 g/mol. The Kier molecular flexibility index (Phi) is 3.44. The van der Waals surface area contributed by atoms with Crippen LogP contribution in [0.15, 0.2) is 60.4 Å². The molecule has 96 valence electrons. The Bertz CT molecular complexity index is 631. The van der Waals surface area contributed by atoms with Gasteiger partial charge in [0.15, 0.2) is 0 Å². The fourth-order valence-electron chi connectivity index (χ4n) is 2.06. The molecular weight excluding hydrogens is 256 g/mol. The quantitative estimate of drug-likeness (QED) is 0.791. The van der Waals surface area contributed by atoms with Crippen molar-refractivity contribution in [3.8, 4) is 0 Å². The van der Waals surface area contributed by atoms with Crippen LogP contribution in [-0.4, -0.2) is 14.7 Å². The van der Waals surface area contributed by atoms with Gasteiger partial charge in [0.25, 0.3) is 0 Å². The van der Waals surface area contributed by atoms with E-state index < -0.39 is 6.10 Å². The maximum absolute atomic E-state index is 10.4. The first kappa shape index (κ1) is 12.1. The molecule has 2 heterocycles. The Labute approximate surface area is 115 Å². The number of aromatic nitrogens is 2. The van der Waals surface area contributed by atoms with Crippen molar-refractivity contribution in [3.05, 3.63) is 76.5 Å². The lowest BCUT2D eigenvalue weighted by molar-refractivity contribution is 0.214. The SMILES string of the molecule is OC(c1cccs1)c1cncn1Cc1ccccc1. The summed E-state index contributed by atoms with van der Waals surface area (Å²) in [5, 5.41) is 12.3. The molecule has 3 rings (SSSR count). The highest BCUT2D eigenvalue weighted by Gasteiger charge is 2.16. The Balaban J connectivity index is 1.87. The first-order valence-corrected chi connectivity index (χ1v) is 6.98. The molecule has 0 saturated heterocycles. The lowest BCUT2D eigenvalue weighted by Crippen LogP contribution is -2.08. The van der Waals surface area contributed by atoms with Crippen LogP contribution in [0.25, 0.3) is 0 Å². The van der Waals surface area contributed by atoms with Crippen LogP contribution in [0.5, 0.6) is 0 Å². The van der Waals surface area contributed by atoms with Gasteiger partial charge < -0.3 is 9.67 Å². The third kappa shape index (κ3) is 2.59. The number of hydrogen-bond donors (Lipinski definition) is 1. The second-order valence-corrected chi connectivity index (χ2v) is 5.33. The van der Waals surface area contributed by atoms with E-state index in [9.17, 15) is 5.11 Å². The molecule has 2 aromatic heterocycles. The van der Waals surface area contributed by atoms with E-state index in [0.29, 0.717) is 0 Å². The van der Waals surface area contributed by atoms with Crippen molar-refractivity contribution in [1.29, 1.82) is 0 Å². The van der Waals surface area contributed by atoms with Gasteiger partial charge in [0, 0.05) is 11.4 Å². The largest absolute Gasteiger partial charge is 0.381 e. The van der Waals surface area contributed by atoms with Gasteiger partial charge in [-0.3, -0.25) is 0 Å². The minimum atomic E-state index is -0.605. The van der Waals surface area contributed by atoms with Crippen LogP contribution in [0.2, 0.25) is 0 Å². The molecule has 3 nitrogen and oxygen atoms in total. The molecule has 0 aliphatic rings. The van der Waals surface area contributed by atoms with E-state index in [1.165, 1.54) is 5.56 Å². The van der Waals surface area contributed by atoms with Crippen LogP contribution in [-0.2, 0) is 6.54 Å². The Hall–Kier alpha value is -1.91. The predicted octanol–water partition coefficient (Wildman–Crippen LogP) is 3.07. The first-order valence-electron chi connectivity index (χ1n) is 6.10. The molecule has 0 aliphatic carbocycles. The fourth-order valence-corrected chi connectivity index (χ4v) is 2.78. The zero-order valence-corrected chi connectivity index (χ0v) is 11.1. The highest BCUT2D eigenvalue weighted by molar-refractivity contribution is 7.10. The predicted molar refractivity (Wildman–Crippen MR) is 76.2 cm³/mol. The Morgan fingerprint density at radius 2 is 2.00 bits per heavy atom. The summed E-state index contributed by atoms with van der Waals surface area (Å²) >= 11 is 1.55. The zero-order valence-electron chi connectivity index (χ0n) is 10.3. The standard InChI is InChI=1S/C15H14N2OS/c18-15(14-7-4-8-19-14)13-9-16-11-17(13)10-12-5-2-1-3-6-12/h1-9,11,15,18H,10H2. The van der Waals surface area contributed by atoms with Crippen LogP contribution in [0, 0.1) is 0 Å². The fraction of sp³-hybridized carbons (Fsp3) is 0.133. The summed E-state index contributed by atoms with van der Waals surface area (Å²) in [4.78, 5) is 5.10. The van der Waals surface area contributed by atoms with Gasteiger partial charge in [0.05, 0.1) is 18.2 Å². The number of thiophene rings is 1. The average molecular weight is 270 g/mol. The minimum Gasteiger partial charge on any atom is -0.381 e. The highest BCUT2D eigenvalue weighted by Crippen LogP contribution is 2.25. The number of aliphatic hydroxyl groups excluding tert-OH is 1. The maximum Gasteiger partial charge on any atom is 0.130 e. The molecule has 19 heavy (non-hydrogen) atoms. The lowest BCUT2D eigenvalue weighted by Gasteiger charge is -2.12. The molecule has 4 heteroatoms. The molecule has 0 amide bonds. The molecule has 0 fully saturated rings. The van der Waals surface area contributed by atoms with Gasteiger partial charge in [-0.2, -0.15) is 0 Å². The number of benzene rings is 1. The van der Waals surface area contributed by atoms with E-state index >= 15 is 0 Å². The summed E-state index contributed by atoms with van der Waals surface area (Å²) in [6, 6.07) is 14.1. The molecule has 3 aromatic rings. The van der Waals surface area contributed by atoms with E-state index in [1.807, 2.05) is 40.3 Å². The van der Waals surface area contributed by atoms with Gasteiger partial charge in [0.1, 0.15) is 6.10 Å². The molecule has 0 spiro atoms. The normalized spacial score (nSPS) is 12.5. The van der Waals surface area contributed by atoms with Crippen LogP contribution in [0.4, 0.5) is 0 Å². The molecule has 0 radical (unpaired) electrons. The summed E-state index contributed by atoms with van der Waals surface area (Å²) in [5.41, 5.74) is 2.02. The van der Waals surface area contributed by atoms with E-state index in [-0.39, 0.29) is 0 Å². The third-order valence-corrected chi connectivity index (χ3v) is 3.96. The molecule has 1 aromatic carbocycles. The Morgan fingerprint density at radius 1 is 1.16 bits per heavy atom. The van der Waals surface area contributed by atoms with E-state index in [4.69, 9.17) is 0 Å². The molecule has 0 bridgehead atoms. The molecule has 1 unspecified atom stereocenters. The van der Waals surface area contributed by atoms with Gasteiger partial charge in [-0.15, -0.1) is 11.3 Å². The first-order chi connectivity index (χ1) is 9.34. The Morgan fingerprint density at radius 3 is 2.74 bits per heavy atom. The summed E-state index contributed by atoms with van der Waals surface area (Å²) in [7, 11) is 0. The topological polar surface area (TPSA) is 38.1 Å². The molecule has 1 atom stereocenters. The third-order valence-electron chi connectivity index (χ3n) is 3.03. The minimum absolute atomic E-state index is 0.605. The van der Waals surface area contributed by atoms with Crippen molar-refractivity contribution in [1.82, 2.24) is 9.55 Å². The lowest BCUT2D eigenvalue weighted by atomic mass is 10.2. The van der Waals surface area contributed by atoms with Crippen molar-refractivity contribution >= 4 is 11.3 Å². The summed E-state index contributed by atoms with van der Waals surface area (Å²) in [6.07, 6.45) is 2.89. The van der Waals surface area contributed by atoms with Crippen molar-refractivity contribution in [2.45, 2.75) is 12.6 Å². The zero-order chi connectivity index (χ0) is 13.1. The second kappa shape index (κ2) is 5.38. The van der Waals surface area contributed by atoms with Crippen LogP contribution < -0.4 is 0 Å². The molecular formula is C15H14N2OS. The van der Waals surface area contributed by atoms with Gasteiger partial charge >= 0.3 is 0 Å². The van der Waals surface area contributed by atoms with Gasteiger partial charge in [-0.05, 0) is 17.0 Å². The van der Waals surface area contributed by atoms with Crippen LogP contribution in [0.1, 0.15) is 22.2 Å². The maximum atomic E-state index is 10.4. The van der Waals surface area contributed by atoms with Gasteiger partial charge in [-0.25, -0.2) is 4.98 Å². The van der Waals surface area contributed by atoms with Crippen molar-refractivity contribution in [2.75, 3.05) is 0 Å². The van der Waals surface area contributed by atoms with Crippen LogP contribution >= 0.6 is 11.3 Å². The number of hydrogen-bond acceptors (Lipinski definition) is 3. The number of nitrogens with zero attached hydrogens (tertiary/aromatic N) is 2. The molecule has 0 saturated carbocycles. The summed E-state index contributed by atoms with van der Waals surface area (Å²) < 4.78 is 1.99. The van der Waals surface area contributed by atoms with E-state index in [1.54, 1.807) is 23.9 Å². The van der Waals surface area contributed by atoms with Crippen molar-refractivity contribution < 1.29 is 5.11 Å². The summed E-state index contributed by atoms with van der Waals surface area (Å²) in [5.74, 6) is 0. The van der Waals surface area contributed by atoms with Gasteiger partial charge in [0.2, 0.25) is 0 Å². The van der Waals surface area contributed by atoms with E-state index in [0.717, 1.165) is 17.1 Å².